The molecule has 0 radical (unpaired) electrons. The molecule has 5 nitrogen and oxygen atoms in total. The minimum atomic E-state index is -1.02. The van der Waals surface area contributed by atoms with E-state index in [9.17, 15) is 4.79 Å². The summed E-state index contributed by atoms with van der Waals surface area (Å²) in [6.45, 7) is 6.04. The molecule has 28 heavy (non-hydrogen) atoms. The molecule has 2 aliphatic rings. The van der Waals surface area contributed by atoms with E-state index in [4.69, 9.17) is 21.7 Å². The molecule has 7 heteroatoms. The molecule has 2 aromatic carbocycles. The zero-order valence-electron chi connectivity index (χ0n) is 15.9. The number of carbonyl (C=O) groups is 1. The Morgan fingerprint density at radius 2 is 2.14 bits per heavy atom. The van der Waals surface area contributed by atoms with Gasteiger partial charge in [-0.2, -0.15) is 0 Å². The number of aryl methyl sites for hydroxylation is 1. The number of anilines is 1. The molecule has 0 spiro atoms. The van der Waals surface area contributed by atoms with Gasteiger partial charge in [-0.05, 0) is 68.9 Å². The first kappa shape index (κ1) is 19.2. The van der Waals surface area contributed by atoms with Crippen molar-refractivity contribution in [2.24, 2.45) is 5.92 Å². The summed E-state index contributed by atoms with van der Waals surface area (Å²) in [4.78, 5) is 14.9. The van der Waals surface area contributed by atoms with E-state index in [1.165, 1.54) is 0 Å². The molecule has 0 aromatic heterocycles. The van der Waals surface area contributed by atoms with Crippen LogP contribution in [0.3, 0.4) is 0 Å². The van der Waals surface area contributed by atoms with Gasteiger partial charge in [0.1, 0.15) is 11.7 Å². The standard InChI is InChI=1S/C21H21BrN2O3S/c1-4-26-19(25)17-18-15-11-13(22)8-9-16(15)27-21(17,3)24(20(28)23-18)14-7-5-6-12(2)10-14/h5-11,17-18H,4H2,1-3H3,(H,23,28)/t17-,18+,21+/m1/s1. The van der Waals surface area contributed by atoms with Crippen molar-refractivity contribution in [1.29, 1.82) is 0 Å². The number of ether oxygens (including phenoxy) is 2. The highest BCUT2D eigenvalue weighted by molar-refractivity contribution is 9.10. The highest BCUT2D eigenvalue weighted by atomic mass is 79.9. The molecule has 4 rings (SSSR count). The quantitative estimate of drug-likeness (QED) is 0.538. The van der Waals surface area contributed by atoms with Crippen LogP contribution in [0.25, 0.3) is 0 Å². The van der Waals surface area contributed by atoms with Gasteiger partial charge in [-0.1, -0.05) is 28.1 Å². The predicted molar refractivity (Wildman–Crippen MR) is 115 cm³/mol. The molecule has 1 saturated heterocycles. The zero-order chi connectivity index (χ0) is 20.1. The Kier molecular flexibility index (Phi) is 4.83. The number of hydrogen-bond donors (Lipinski definition) is 1. The SMILES string of the molecule is CCOC(=O)[C@H]1[C@H]2NC(=S)N(c3cccc(C)c3)[C@@]1(C)Oc1ccc(Br)cc12. The first-order valence-electron chi connectivity index (χ1n) is 9.17. The van der Waals surface area contributed by atoms with Gasteiger partial charge in [0.25, 0.3) is 0 Å². The Morgan fingerprint density at radius 3 is 2.86 bits per heavy atom. The van der Waals surface area contributed by atoms with Gasteiger partial charge in [0.05, 0.1) is 12.6 Å². The second-order valence-corrected chi connectivity index (χ2v) is 8.47. The van der Waals surface area contributed by atoms with Crippen LogP contribution in [0.15, 0.2) is 46.9 Å². The van der Waals surface area contributed by atoms with Gasteiger partial charge in [0.2, 0.25) is 5.72 Å². The Morgan fingerprint density at radius 1 is 1.36 bits per heavy atom. The zero-order valence-corrected chi connectivity index (χ0v) is 18.3. The Hall–Kier alpha value is -2.12. The van der Waals surface area contributed by atoms with E-state index in [1.807, 2.05) is 61.2 Å². The Balaban J connectivity index is 1.90. The van der Waals surface area contributed by atoms with Crippen molar-refractivity contribution >= 4 is 44.9 Å². The maximum absolute atomic E-state index is 13.0. The predicted octanol–water partition coefficient (Wildman–Crippen LogP) is 4.48. The number of esters is 1. The normalized spacial score (nSPS) is 25.4. The summed E-state index contributed by atoms with van der Waals surface area (Å²) in [5.74, 6) is -0.182. The van der Waals surface area contributed by atoms with E-state index < -0.39 is 11.6 Å². The molecule has 2 aliphatic heterocycles. The lowest BCUT2D eigenvalue weighted by Crippen LogP contribution is -2.71. The lowest BCUT2D eigenvalue weighted by atomic mass is 9.79. The van der Waals surface area contributed by atoms with Crippen LogP contribution in [0.4, 0.5) is 5.69 Å². The second-order valence-electron chi connectivity index (χ2n) is 7.17. The van der Waals surface area contributed by atoms with E-state index >= 15 is 0 Å². The highest BCUT2D eigenvalue weighted by Gasteiger charge is 2.59. The Bertz CT molecular complexity index is 966. The molecule has 1 fully saturated rings. The van der Waals surface area contributed by atoms with E-state index in [0.717, 1.165) is 27.0 Å². The summed E-state index contributed by atoms with van der Waals surface area (Å²) < 4.78 is 12.8. The number of rotatable bonds is 3. The van der Waals surface area contributed by atoms with Crippen LogP contribution in [0, 0.1) is 12.8 Å². The minimum absolute atomic E-state index is 0.304. The van der Waals surface area contributed by atoms with Gasteiger partial charge >= 0.3 is 5.97 Å². The van der Waals surface area contributed by atoms with Gasteiger partial charge in [0, 0.05) is 15.7 Å². The fourth-order valence-electron chi connectivity index (χ4n) is 4.10. The van der Waals surface area contributed by atoms with Gasteiger partial charge in [-0.3, -0.25) is 9.69 Å². The van der Waals surface area contributed by atoms with Crippen molar-refractivity contribution in [2.75, 3.05) is 11.5 Å². The summed E-state index contributed by atoms with van der Waals surface area (Å²) in [7, 11) is 0. The van der Waals surface area contributed by atoms with E-state index in [-0.39, 0.29) is 12.0 Å². The summed E-state index contributed by atoms with van der Waals surface area (Å²) >= 11 is 9.23. The second kappa shape index (κ2) is 7.04. The molecule has 2 heterocycles. The van der Waals surface area contributed by atoms with Crippen LogP contribution in [-0.4, -0.2) is 23.4 Å². The molecular formula is C21H21BrN2O3S. The van der Waals surface area contributed by atoms with Crippen LogP contribution in [0.2, 0.25) is 0 Å². The summed E-state index contributed by atoms with van der Waals surface area (Å²) in [5, 5.41) is 3.89. The lowest BCUT2D eigenvalue weighted by molar-refractivity contribution is -0.159. The topological polar surface area (TPSA) is 50.8 Å². The van der Waals surface area contributed by atoms with Crippen molar-refractivity contribution in [2.45, 2.75) is 32.5 Å². The number of thiocarbonyl (C=S) groups is 1. The van der Waals surface area contributed by atoms with Gasteiger partial charge < -0.3 is 14.8 Å². The number of hydrogen-bond acceptors (Lipinski definition) is 4. The first-order valence-corrected chi connectivity index (χ1v) is 10.4. The maximum Gasteiger partial charge on any atom is 0.317 e. The van der Waals surface area contributed by atoms with Crippen LogP contribution in [0.1, 0.15) is 31.0 Å². The summed E-state index contributed by atoms with van der Waals surface area (Å²) in [6.07, 6.45) is 0. The van der Waals surface area contributed by atoms with Crippen LogP contribution < -0.4 is 15.0 Å². The third-order valence-corrected chi connectivity index (χ3v) is 6.05. The molecule has 0 amide bonds. The number of halogens is 1. The smallest absolute Gasteiger partial charge is 0.317 e. The first-order chi connectivity index (χ1) is 13.3. The molecule has 0 saturated carbocycles. The summed E-state index contributed by atoms with van der Waals surface area (Å²) in [6, 6.07) is 13.5. The number of nitrogens with one attached hydrogen (secondary N) is 1. The molecule has 2 bridgehead atoms. The molecule has 0 aliphatic carbocycles. The lowest BCUT2D eigenvalue weighted by Gasteiger charge is -2.55. The van der Waals surface area contributed by atoms with Gasteiger partial charge in [-0.15, -0.1) is 0 Å². The molecular weight excluding hydrogens is 440 g/mol. The number of benzene rings is 2. The maximum atomic E-state index is 13.0. The van der Waals surface area contributed by atoms with Crippen molar-refractivity contribution < 1.29 is 14.3 Å². The minimum Gasteiger partial charge on any atom is -0.466 e. The average Bonchev–Trinajstić information content (AvgIpc) is 2.62. The number of nitrogens with zero attached hydrogens (tertiary/aromatic N) is 1. The van der Waals surface area contributed by atoms with Crippen molar-refractivity contribution in [3.63, 3.8) is 0 Å². The summed E-state index contributed by atoms with van der Waals surface area (Å²) in [5.41, 5.74) is 1.83. The average molecular weight is 461 g/mol. The third-order valence-electron chi connectivity index (χ3n) is 5.26. The van der Waals surface area contributed by atoms with Crippen LogP contribution in [0.5, 0.6) is 5.75 Å². The van der Waals surface area contributed by atoms with Crippen LogP contribution >= 0.6 is 28.1 Å². The molecule has 0 unspecified atom stereocenters. The Labute approximate surface area is 178 Å². The largest absolute Gasteiger partial charge is 0.466 e. The fourth-order valence-corrected chi connectivity index (χ4v) is 4.90. The number of carbonyl (C=O) groups excluding carboxylic acids is 1. The van der Waals surface area contributed by atoms with E-state index in [2.05, 4.69) is 21.2 Å². The van der Waals surface area contributed by atoms with Crippen molar-refractivity contribution in [1.82, 2.24) is 5.32 Å². The van der Waals surface area contributed by atoms with E-state index in [0.29, 0.717) is 11.7 Å². The van der Waals surface area contributed by atoms with E-state index in [1.54, 1.807) is 6.92 Å². The van der Waals surface area contributed by atoms with Gasteiger partial charge in [-0.25, -0.2) is 0 Å². The monoisotopic (exact) mass is 460 g/mol. The molecule has 2 aromatic rings. The van der Waals surface area contributed by atoms with Crippen molar-refractivity contribution in [3.8, 4) is 5.75 Å². The number of fused-ring (bicyclic) bond motifs is 4. The molecule has 1 N–H and O–H groups in total. The van der Waals surface area contributed by atoms with Crippen LogP contribution in [-0.2, 0) is 9.53 Å². The molecule has 146 valence electrons. The fraction of sp³-hybridized carbons (Fsp3) is 0.333. The molecule has 3 atom stereocenters. The van der Waals surface area contributed by atoms with Gasteiger partial charge in [0.15, 0.2) is 5.11 Å². The van der Waals surface area contributed by atoms with Crippen molar-refractivity contribution in [3.05, 3.63) is 58.1 Å². The third kappa shape index (κ3) is 2.97. The highest BCUT2D eigenvalue weighted by Crippen LogP contribution is 2.50.